The van der Waals surface area contributed by atoms with E-state index in [9.17, 15) is 4.79 Å². The molecule has 2 bridgehead atoms. The number of benzene rings is 1. The Labute approximate surface area is 142 Å². The van der Waals surface area contributed by atoms with E-state index in [0.29, 0.717) is 11.8 Å². The van der Waals surface area contributed by atoms with Crippen molar-refractivity contribution in [3.8, 4) is 16.9 Å². The summed E-state index contributed by atoms with van der Waals surface area (Å²) < 4.78 is 7.41. The largest absolute Gasteiger partial charge is 0.496 e. The van der Waals surface area contributed by atoms with Gasteiger partial charge in [0.2, 0.25) is 0 Å². The number of piperidine rings is 1. The lowest BCUT2D eigenvalue weighted by atomic mass is 9.83. The number of rotatable bonds is 2. The zero-order valence-corrected chi connectivity index (χ0v) is 14.6. The van der Waals surface area contributed by atoms with Crippen molar-refractivity contribution in [1.29, 1.82) is 0 Å². The number of hydrogen-bond donors (Lipinski definition) is 1. The van der Waals surface area contributed by atoms with Crippen LogP contribution in [-0.4, -0.2) is 24.8 Å². The first-order valence-corrected chi connectivity index (χ1v) is 8.68. The van der Waals surface area contributed by atoms with Gasteiger partial charge < -0.3 is 14.6 Å². The molecule has 1 aromatic heterocycles. The van der Waals surface area contributed by atoms with Crippen LogP contribution in [0.25, 0.3) is 11.1 Å². The topological polar surface area (TPSA) is 43.3 Å². The third-order valence-corrected chi connectivity index (χ3v) is 5.51. The summed E-state index contributed by atoms with van der Waals surface area (Å²) in [6.07, 6.45) is 1.19. The highest BCUT2D eigenvalue weighted by Crippen LogP contribution is 2.35. The Morgan fingerprint density at radius 1 is 1.12 bits per heavy atom. The summed E-state index contributed by atoms with van der Waals surface area (Å²) in [7, 11) is 1.69. The zero-order chi connectivity index (χ0) is 16.8. The minimum atomic E-state index is 0.131. The first-order valence-electron chi connectivity index (χ1n) is 8.68. The summed E-state index contributed by atoms with van der Waals surface area (Å²) in [5, 5.41) is 3.51. The molecule has 2 atom stereocenters. The van der Waals surface area contributed by atoms with Gasteiger partial charge in [-0.2, -0.15) is 0 Å². The molecule has 1 saturated heterocycles. The van der Waals surface area contributed by atoms with Crippen molar-refractivity contribution in [2.24, 2.45) is 5.92 Å². The van der Waals surface area contributed by atoms with Crippen LogP contribution in [0.1, 0.15) is 29.2 Å². The van der Waals surface area contributed by atoms with E-state index in [0.717, 1.165) is 47.6 Å². The molecular formula is C20H24N2O2. The van der Waals surface area contributed by atoms with E-state index in [1.54, 1.807) is 13.2 Å². The van der Waals surface area contributed by atoms with Crippen LogP contribution in [0.2, 0.25) is 0 Å². The van der Waals surface area contributed by atoms with E-state index in [1.165, 1.54) is 12.1 Å². The van der Waals surface area contributed by atoms with E-state index in [-0.39, 0.29) is 5.56 Å². The first-order chi connectivity index (χ1) is 11.6. The molecule has 0 amide bonds. The Kier molecular flexibility index (Phi) is 3.72. The fourth-order valence-corrected chi connectivity index (χ4v) is 4.28. The lowest BCUT2D eigenvalue weighted by molar-refractivity contribution is 0.257. The number of fused-ring (bicyclic) bond motifs is 4. The average molecular weight is 324 g/mol. The summed E-state index contributed by atoms with van der Waals surface area (Å²) in [5.41, 5.74) is 5.70. The summed E-state index contributed by atoms with van der Waals surface area (Å²) in [6.45, 7) is 6.97. The van der Waals surface area contributed by atoms with E-state index in [4.69, 9.17) is 4.74 Å². The lowest BCUT2D eigenvalue weighted by Crippen LogP contribution is -2.44. The monoisotopic (exact) mass is 324 g/mol. The van der Waals surface area contributed by atoms with Gasteiger partial charge in [-0.1, -0.05) is 0 Å². The highest BCUT2D eigenvalue weighted by molar-refractivity contribution is 5.70. The molecule has 2 aliphatic rings. The maximum absolute atomic E-state index is 12.7. The molecule has 4 heteroatoms. The lowest BCUT2D eigenvalue weighted by Gasteiger charge is -2.37. The molecule has 1 aromatic carbocycles. The Bertz CT molecular complexity index is 853. The van der Waals surface area contributed by atoms with Gasteiger partial charge in [0.15, 0.2) is 0 Å². The summed E-state index contributed by atoms with van der Waals surface area (Å²) in [4.78, 5) is 12.7. The van der Waals surface area contributed by atoms with Gasteiger partial charge in [0.05, 0.1) is 7.11 Å². The van der Waals surface area contributed by atoms with Crippen molar-refractivity contribution in [1.82, 2.24) is 9.88 Å². The maximum Gasteiger partial charge on any atom is 0.251 e. The molecule has 0 spiro atoms. The molecule has 2 aliphatic heterocycles. The quantitative estimate of drug-likeness (QED) is 0.924. The maximum atomic E-state index is 12.7. The van der Waals surface area contributed by atoms with Gasteiger partial charge in [0, 0.05) is 30.8 Å². The molecule has 0 radical (unpaired) electrons. The predicted molar refractivity (Wildman–Crippen MR) is 95.9 cm³/mol. The third-order valence-electron chi connectivity index (χ3n) is 5.51. The van der Waals surface area contributed by atoms with E-state index >= 15 is 0 Å². The highest BCUT2D eigenvalue weighted by Gasteiger charge is 2.31. The summed E-state index contributed by atoms with van der Waals surface area (Å²) >= 11 is 0. The second kappa shape index (κ2) is 5.78. The van der Waals surface area contributed by atoms with E-state index in [2.05, 4.69) is 30.4 Å². The number of hydrogen-bond acceptors (Lipinski definition) is 3. The second-order valence-corrected chi connectivity index (χ2v) is 7.21. The zero-order valence-electron chi connectivity index (χ0n) is 14.6. The van der Waals surface area contributed by atoms with Gasteiger partial charge in [0.1, 0.15) is 5.75 Å². The number of aryl methyl sites for hydroxylation is 2. The van der Waals surface area contributed by atoms with Crippen LogP contribution in [0.5, 0.6) is 5.75 Å². The molecule has 3 heterocycles. The van der Waals surface area contributed by atoms with Crippen molar-refractivity contribution in [2.45, 2.75) is 32.7 Å². The van der Waals surface area contributed by atoms with Crippen LogP contribution in [0, 0.1) is 19.8 Å². The number of nitrogens with zero attached hydrogens (tertiary/aromatic N) is 1. The number of aromatic nitrogens is 1. The number of pyridine rings is 1. The van der Waals surface area contributed by atoms with Crippen molar-refractivity contribution in [3.05, 3.63) is 51.4 Å². The molecule has 1 N–H and O–H groups in total. The van der Waals surface area contributed by atoms with Crippen LogP contribution in [0.15, 0.2) is 29.1 Å². The smallest absolute Gasteiger partial charge is 0.251 e. The highest BCUT2D eigenvalue weighted by atomic mass is 16.5. The molecule has 4 rings (SSSR count). The second-order valence-electron chi connectivity index (χ2n) is 7.21. The molecule has 24 heavy (non-hydrogen) atoms. The SMILES string of the molecule is COc1cc(C)c(-c2cc3n(c(=O)c2)C[C@@H]2CNC[C@H]3C2)cc1C. The van der Waals surface area contributed by atoms with Crippen molar-refractivity contribution in [3.63, 3.8) is 0 Å². The van der Waals surface area contributed by atoms with Gasteiger partial charge in [-0.25, -0.2) is 0 Å². The standard InChI is InChI=1S/C20H24N2O2/c1-12-5-19(24-3)13(2)4-17(12)15-7-18-16-6-14(9-21-10-16)11-22(18)20(23)8-15/h4-5,7-8,14,16,21H,6,9-11H2,1-3H3/t14-,16+/m0/s1. The first kappa shape index (κ1) is 15.5. The molecule has 0 saturated carbocycles. The minimum absolute atomic E-state index is 0.131. The van der Waals surface area contributed by atoms with Crippen molar-refractivity contribution < 1.29 is 4.74 Å². The van der Waals surface area contributed by atoms with Gasteiger partial charge in [0.25, 0.3) is 5.56 Å². The van der Waals surface area contributed by atoms with Crippen molar-refractivity contribution in [2.75, 3.05) is 20.2 Å². The van der Waals surface area contributed by atoms with E-state index < -0.39 is 0 Å². The van der Waals surface area contributed by atoms with Gasteiger partial charge in [-0.15, -0.1) is 0 Å². The Balaban J connectivity index is 1.85. The molecule has 4 nitrogen and oxygen atoms in total. The molecular weight excluding hydrogens is 300 g/mol. The predicted octanol–water partition coefficient (Wildman–Crippen LogP) is 2.85. The van der Waals surface area contributed by atoms with Crippen molar-refractivity contribution >= 4 is 0 Å². The number of methoxy groups -OCH3 is 1. The van der Waals surface area contributed by atoms with Crippen LogP contribution >= 0.6 is 0 Å². The fourth-order valence-electron chi connectivity index (χ4n) is 4.28. The molecule has 126 valence electrons. The molecule has 0 aliphatic carbocycles. The summed E-state index contributed by atoms with van der Waals surface area (Å²) in [6, 6.07) is 8.21. The third kappa shape index (κ3) is 2.46. The van der Waals surface area contributed by atoms with Gasteiger partial charge in [-0.3, -0.25) is 4.79 Å². The Morgan fingerprint density at radius 2 is 1.96 bits per heavy atom. The number of nitrogens with one attached hydrogen (secondary N) is 1. The molecule has 0 unspecified atom stereocenters. The van der Waals surface area contributed by atoms with Crippen LogP contribution in [0.3, 0.4) is 0 Å². The minimum Gasteiger partial charge on any atom is -0.496 e. The Morgan fingerprint density at radius 3 is 2.75 bits per heavy atom. The van der Waals surface area contributed by atoms with Gasteiger partial charge >= 0.3 is 0 Å². The van der Waals surface area contributed by atoms with E-state index in [1.807, 2.05) is 11.5 Å². The Hall–Kier alpha value is -2.07. The number of ether oxygens (including phenoxy) is 1. The molecule has 1 fully saturated rings. The van der Waals surface area contributed by atoms with Crippen LogP contribution < -0.4 is 15.6 Å². The van der Waals surface area contributed by atoms with Gasteiger partial charge in [-0.05, 0) is 73.2 Å². The van der Waals surface area contributed by atoms with Crippen LogP contribution in [-0.2, 0) is 6.54 Å². The van der Waals surface area contributed by atoms with Crippen LogP contribution in [0.4, 0.5) is 0 Å². The fraction of sp³-hybridized carbons (Fsp3) is 0.450. The normalized spacial score (nSPS) is 22.1. The summed E-state index contributed by atoms with van der Waals surface area (Å²) in [5.74, 6) is 1.93. The average Bonchev–Trinajstić information content (AvgIpc) is 2.57. The molecule has 2 aromatic rings.